The molecule has 0 saturated carbocycles. The molecular formula is C20H23NO3. The molecular weight excluding hydrogens is 302 g/mol. The first kappa shape index (κ1) is 16.7. The molecule has 0 radical (unpaired) electrons. The van der Waals surface area contributed by atoms with Crippen molar-refractivity contribution < 1.29 is 15.0 Å². The van der Waals surface area contributed by atoms with Gasteiger partial charge in [-0.2, -0.15) is 0 Å². The van der Waals surface area contributed by atoms with Crippen LogP contribution in [0.15, 0.2) is 48.5 Å². The Labute approximate surface area is 142 Å². The average molecular weight is 325 g/mol. The number of hydrogen-bond donors (Lipinski definition) is 2. The van der Waals surface area contributed by atoms with E-state index in [9.17, 15) is 15.0 Å². The fourth-order valence-corrected chi connectivity index (χ4v) is 3.33. The van der Waals surface area contributed by atoms with E-state index in [1.807, 2.05) is 55.5 Å². The van der Waals surface area contributed by atoms with E-state index in [-0.39, 0.29) is 25.0 Å². The lowest BCUT2D eigenvalue weighted by Gasteiger charge is -2.35. The molecule has 0 spiro atoms. The number of piperidine rings is 1. The van der Waals surface area contributed by atoms with Gasteiger partial charge in [0.15, 0.2) is 0 Å². The van der Waals surface area contributed by atoms with E-state index in [1.54, 1.807) is 4.90 Å². The van der Waals surface area contributed by atoms with E-state index >= 15 is 0 Å². The van der Waals surface area contributed by atoms with Crippen LogP contribution in [0.1, 0.15) is 22.3 Å². The van der Waals surface area contributed by atoms with Crippen molar-refractivity contribution in [2.75, 3.05) is 19.7 Å². The van der Waals surface area contributed by atoms with E-state index in [0.717, 1.165) is 16.7 Å². The first-order chi connectivity index (χ1) is 11.6. The second-order valence-corrected chi connectivity index (χ2v) is 6.41. The average Bonchev–Trinajstić information content (AvgIpc) is 2.61. The molecule has 2 aromatic rings. The number of aliphatic hydroxyl groups is 2. The number of nitrogens with zero attached hydrogens (tertiary/aromatic N) is 1. The van der Waals surface area contributed by atoms with E-state index in [1.165, 1.54) is 0 Å². The lowest BCUT2D eigenvalue weighted by atomic mass is 9.92. The van der Waals surface area contributed by atoms with Crippen LogP contribution in [0.5, 0.6) is 0 Å². The Morgan fingerprint density at radius 2 is 1.79 bits per heavy atom. The van der Waals surface area contributed by atoms with Crippen LogP contribution in [0.4, 0.5) is 0 Å². The van der Waals surface area contributed by atoms with Gasteiger partial charge in [-0.15, -0.1) is 0 Å². The topological polar surface area (TPSA) is 60.8 Å². The van der Waals surface area contributed by atoms with Gasteiger partial charge in [0.05, 0.1) is 6.10 Å². The van der Waals surface area contributed by atoms with Crippen molar-refractivity contribution in [3.63, 3.8) is 0 Å². The Balaban J connectivity index is 1.91. The van der Waals surface area contributed by atoms with E-state index < -0.39 is 6.10 Å². The van der Waals surface area contributed by atoms with Crippen molar-refractivity contribution in [2.45, 2.75) is 19.4 Å². The summed E-state index contributed by atoms with van der Waals surface area (Å²) in [6.07, 6.45) is -0.0472. The zero-order valence-electron chi connectivity index (χ0n) is 13.9. The van der Waals surface area contributed by atoms with Crippen LogP contribution in [0.3, 0.4) is 0 Å². The van der Waals surface area contributed by atoms with Gasteiger partial charge in [-0.25, -0.2) is 0 Å². The van der Waals surface area contributed by atoms with Gasteiger partial charge in [-0.3, -0.25) is 4.79 Å². The van der Waals surface area contributed by atoms with Gasteiger partial charge in [0.2, 0.25) is 0 Å². The van der Waals surface area contributed by atoms with E-state index in [2.05, 4.69) is 0 Å². The van der Waals surface area contributed by atoms with Crippen molar-refractivity contribution in [2.24, 2.45) is 5.92 Å². The van der Waals surface area contributed by atoms with E-state index in [4.69, 9.17) is 0 Å². The Morgan fingerprint density at radius 1 is 1.12 bits per heavy atom. The Bertz CT molecular complexity index is 728. The summed E-state index contributed by atoms with van der Waals surface area (Å²) in [5.74, 6) is -0.204. The number of β-amino-alcohol motifs (C(OH)–C–C–N with tert-alkyl or cyclic N) is 1. The van der Waals surface area contributed by atoms with Gasteiger partial charge in [0.1, 0.15) is 0 Å². The highest BCUT2D eigenvalue weighted by Crippen LogP contribution is 2.28. The van der Waals surface area contributed by atoms with Crippen LogP contribution in [0, 0.1) is 12.8 Å². The molecule has 1 heterocycles. The molecule has 3 rings (SSSR count). The highest BCUT2D eigenvalue weighted by atomic mass is 16.3. The van der Waals surface area contributed by atoms with Gasteiger partial charge in [0, 0.05) is 31.2 Å². The van der Waals surface area contributed by atoms with Crippen LogP contribution >= 0.6 is 0 Å². The molecule has 2 N–H and O–H groups in total. The Hall–Kier alpha value is -2.17. The van der Waals surface area contributed by atoms with Crippen LogP contribution in [0.25, 0.3) is 11.1 Å². The van der Waals surface area contributed by atoms with Crippen molar-refractivity contribution in [3.05, 3.63) is 59.7 Å². The monoisotopic (exact) mass is 325 g/mol. The summed E-state index contributed by atoms with van der Waals surface area (Å²) in [5.41, 5.74) is 3.74. The summed E-state index contributed by atoms with van der Waals surface area (Å²) in [6, 6.07) is 15.6. The number of amides is 1. The Morgan fingerprint density at radius 3 is 2.46 bits per heavy atom. The summed E-state index contributed by atoms with van der Waals surface area (Å²) < 4.78 is 0. The molecule has 1 saturated heterocycles. The van der Waals surface area contributed by atoms with Crippen molar-refractivity contribution in [3.8, 4) is 11.1 Å². The van der Waals surface area contributed by atoms with Gasteiger partial charge in [-0.1, -0.05) is 42.5 Å². The molecule has 1 aliphatic heterocycles. The molecule has 0 unspecified atom stereocenters. The lowest BCUT2D eigenvalue weighted by molar-refractivity contribution is 0.000905. The SMILES string of the molecule is Cc1ccccc1-c1ccccc1C(=O)N1CC[C@@H](CO)[C@H](O)C1. The fraction of sp³-hybridized carbons (Fsp3) is 0.350. The second-order valence-electron chi connectivity index (χ2n) is 6.41. The third-order valence-corrected chi connectivity index (χ3v) is 4.84. The second kappa shape index (κ2) is 7.16. The Kier molecular flexibility index (Phi) is 4.97. The molecule has 1 fully saturated rings. The number of carbonyl (C=O) groups is 1. The summed E-state index contributed by atoms with van der Waals surface area (Å²) >= 11 is 0. The zero-order chi connectivity index (χ0) is 17.1. The summed E-state index contributed by atoms with van der Waals surface area (Å²) in [7, 11) is 0. The third kappa shape index (κ3) is 3.21. The van der Waals surface area contributed by atoms with Crippen LogP contribution < -0.4 is 0 Å². The number of aryl methyl sites for hydroxylation is 1. The molecule has 0 aromatic heterocycles. The molecule has 1 amide bonds. The summed E-state index contributed by atoms with van der Waals surface area (Å²) in [6.45, 7) is 2.82. The largest absolute Gasteiger partial charge is 0.396 e. The zero-order valence-corrected chi connectivity index (χ0v) is 13.9. The smallest absolute Gasteiger partial charge is 0.254 e. The molecule has 4 heteroatoms. The fourth-order valence-electron chi connectivity index (χ4n) is 3.33. The minimum Gasteiger partial charge on any atom is -0.396 e. The molecule has 0 aliphatic carbocycles. The summed E-state index contributed by atoms with van der Waals surface area (Å²) in [4.78, 5) is 14.7. The molecule has 0 bridgehead atoms. The van der Waals surface area contributed by atoms with Gasteiger partial charge < -0.3 is 15.1 Å². The third-order valence-electron chi connectivity index (χ3n) is 4.84. The maximum atomic E-state index is 13.0. The predicted molar refractivity (Wildman–Crippen MR) is 93.7 cm³/mol. The highest BCUT2D eigenvalue weighted by molar-refractivity contribution is 6.01. The van der Waals surface area contributed by atoms with E-state index in [0.29, 0.717) is 18.5 Å². The number of rotatable bonds is 3. The minimum atomic E-state index is -0.668. The number of aliphatic hydroxyl groups excluding tert-OH is 2. The normalized spacial score (nSPS) is 20.9. The molecule has 2 atom stereocenters. The van der Waals surface area contributed by atoms with Gasteiger partial charge in [0.25, 0.3) is 5.91 Å². The molecule has 4 nitrogen and oxygen atoms in total. The number of likely N-dealkylation sites (tertiary alicyclic amines) is 1. The maximum Gasteiger partial charge on any atom is 0.254 e. The van der Waals surface area contributed by atoms with Gasteiger partial charge >= 0.3 is 0 Å². The lowest BCUT2D eigenvalue weighted by Crippen LogP contribution is -2.47. The quantitative estimate of drug-likeness (QED) is 0.911. The highest BCUT2D eigenvalue weighted by Gasteiger charge is 2.30. The minimum absolute atomic E-state index is 0.0387. The maximum absolute atomic E-state index is 13.0. The first-order valence-corrected chi connectivity index (χ1v) is 8.35. The predicted octanol–water partition coefficient (Wildman–Crippen LogP) is 2.48. The molecule has 24 heavy (non-hydrogen) atoms. The van der Waals surface area contributed by atoms with Crippen LogP contribution in [0.2, 0.25) is 0 Å². The van der Waals surface area contributed by atoms with Crippen molar-refractivity contribution in [1.82, 2.24) is 4.90 Å². The van der Waals surface area contributed by atoms with Crippen LogP contribution in [-0.4, -0.2) is 46.8 Å². The molecule has 126 valence electrons. The van der Waals surface area contributed by atoms with Crippen molar-refractivity contribution >= 4 is 5.91 Å². The molecule has 1 aliphatic rings. The number of hydrogen-bond acceptors (Lipinski definition) is 3. The number of carbonyl (C=O) groups excluding carboxylic acids is 1. The van der Waals surface area contributed by atoms with Gasteiger partial charge in [-0.05, 0) is 36.1 Å². The first-order valence-electron chi connectivity index (χ1n) is 8.35. The van der Waals surface area contributed by atoms with Crippen LogP contribution in [-0.2, 0) is 0 Å². The van der Waals surface area contributed by atoms with Crippen molar-refractivity contribution in [1.29, 1.82) is 0 Å². The standard InChI is InChI=1S/C20H23NO3/c1-14-6-2-3-7-16(14)17-8-4-5-9-18(17)20(24)21-11-10-15(13-22)19(23)12-21/h2-9,15,19,22-23H,10-13H2,1H3/t15-,19+/m0/s1. The summed E-state index contributed by atoms with van der Waals surface area (Å²) in [5, 5.41) is 19.4. The molecule has 2 aromatic carbocycles. The number of benzene rings is 2.